The predicted molar refractivity (Wildman–Crippen MR) is 106 cm³/mol. The molecule has 0 bridgehead atoms. The second-order valence-corrected chi connectivity index (χ2v) is 6.44. The van der Waals surface area contributed by atoms with Gasteiger partial charge in [-0.2, -0.15) is 0 Å². The van der Waals surface area contributed by atoms with Crippen molar-refractivity contribution in [1.82, 2.24) is 5.32 Å². The zero-order valence-electron chi connectivity index (χ0n) is 14.7. The fourth-order valence-corrected chi connectivity index (χ4v) is 3.20. The summed E-state index contributed by atoms with van der Waals surface area (Å²) in [5, 5.41) is 3.36. The first-order valence-corrected chi connectivity index (χ1v) is 9.25. The highest BCUT2D eigenvalue weighted by atomic mass is 32.2. The molecule has 6 heteroatoms. The number of benzene rings is 2. The zero-order chi connectivity index (χ0) is 18.4. The van der Waals surface area contributed by atoms with Gasteiger partial charge in [-0.05, 0) is 73.6 Å². The van der Waals surface area contributed by atoms with Gasteiger partial charge >= 0.3 is 0 Å². The average Bonchev–Trinajstić information content (AvgIpc) is 2.98. The van der Waals surface area contributed by atoms with Crippen LogP contribution in [-0.2, 0) is 4.79 Å². The fraction of sp³-hybridized carbons (Fsp3) is 0.200. The van der Waals surface area contributed by atoms with Gasteiger partial charge in [-0.15, -0.1) is 0 Å². The van der Waals surface area contributed by atoms with E-state index in [0.29, 0.717) is 23.3 Å². The van der Waals surface area contributed by atoms with Gasteiger partial charge in [-0.1, -0.05) is 12.1 Å². The Morgan fingerprint density at radius 3 is 2.12 bits per heavy atom. The van der Waals surface area contributed by atoms with Crippen molar-refractivity contribution in [3.8, 4) is 11.5 Å². The molecule has 2 aromatic carbocycles. The molecular formula is C20H20N2O3S. The van der Waals surface area contributed by atoms with Crippen LogP contribution < -0.4 is 14.8 Å². The van der Waals surface area contributed by atoms with Crippen molar-refractivity contribution in [3.63, 3.8) is 0 Å². The molecule has 1 N–H and O–H groups in total. The molecule has 5 nitrogen and oxygen atoms in total. The molecule has 2 aromatic rings. The van der Waals surface area contributed by atoms with E-state index in [2.05, 4.69) is 10.3 Å². The molecule has 26 heavy (non-hydrogen) atoms. The SMILES string of the molecule is CCOc1ccc(/C=C2\SC(=Nc3ccc(OCC)cc3)NC2=O)cc1. The second-order valence-electron chi connectivity index (χ2n) is 5.41. The number of hydrogen-bond acceptors (Lipinski definition) is 5. The van der Waals surface area contributed by atoms with E-state index in [1.165, 1.54) is 11.8 Å². The van der Waals surface area contributed by atoms with E-state index in [4.69, 9.17) is 9.47 Å². The molecule has 3 rings (SSSR count). The predicted octanol–water partition coefficient (Wildman–Crippen LogP) is 4.38. The van der Waals surface area contributed by atoms with Gasteiger partial charge in [-0.3, -0.25) is 4.79 Å². The van der Waals surface area contributed by atoms with E-state index in [1.807, 2.05) is 68.5 Å². The molecule has 0 radical (unpaired) electrons. The molecule has 0 spiro atoms. The summed E-state index contributed by atoms with van der Waals surface area (Å²) in [6, 6.07) is 15.1. The number of ether oxygens (including phenoxy) is 2. The first kappa shape index (κ1) is 18.1. The van der Waals surface area contributed by atoms with Crippen molar-refractivity contribution >= 4 is 34.6 Å². The number of hydrogen-bond donors (Lipinski definition) is 1. The highest BCUT2D eigenvalue weighted by Crippen LogP contribution is 2.29. The smallest absolute Gasteiger partial charge is 0.264 e. The van der Waals surface area contributed by atoms with Crippen LogP contribution in [0.2, 0.25) is 0 Å². The van der Waals surface area contributed by atoms with Gasteiger partial charge in [0.1, 0.15) is 11.5 Å². The Bertz CT molecular complexity index is 827. The van der Waals surface area contributed by atoms with Crippen LogP contribution in [0.25, 0.3) is 6.08 Å². The first-order chi connectivity index (χ1) is 12.7. The first-order valence-electron chi connectivity index (χ1n) is 8.43. The molecule has 0 aromatic heterocycles. The van der Waals surface area contributed by atoms with Gasteiger partial charge in [0, 0.05) is 0 Å². The maximum atomic E-state index is 12.2. The molecule has 1 aliphatic heterocycles. The number of thioether (sulfide) groups is 1. The standard InChI is InChI=1S/C20H20N2O3S/c1-3-24-16-9-5-14(6-10-16)13-18-19(23)22-20(26-18)21-15-7-11-17(12-8-15)25-4-2/h5-13H,3-4H2,1-2H3,(H,21,22,23)/b18-13-. The summed E-state index contributed by atoms with van der Waals surface area (Å²) < 4.78 is 10.8. The summed E-state index contributed by atoms with van der Waals surface area (Å²) >= 11 is 1.33. The maximum Gasteiger partial charge on any atom is 0.264 e. The third kappa shape index (κ3) is 4.67. The summed E-state index contributed by atoms with van der Waals surface area (Å²) in [4.78, 5) is 17.2. The second kappa shape index (κ2) is 8.58. The summed E-state index contributed by atoms with van der Waals surface area (Å²) in [5.74, 6) is 1.47. The monoisotopic (exact) mass is 368 g/mol. The van der Waals surface area contributed by atoms with Gasteiger partial charge in [-0.25, -0.2) is 4.99 Å². The number of nitrogens with one attached hydrogen (secondary N) is 1. The number of aliphatic imine (C=N–C) groups is 1. The van der Waals surface area contributed by atoms with E-state index in [1.54, 1.807) is 0 Å². The molecule has 0 atom stereocenters. The number of carbonyl (C=O) groups excluding carboxylic acids is 1. The zero-order valence-corrected chi connectivity index (χ0v) is 15.5. The van der Waals surface area contributed by atoms with Crippen LogP contribution >= 0.6 is 11.8 Å². The largest absolute Gasteiger partial charge is 0.494 e. The lowest BCUT2D eigenvalue weighted by Crippen LogP contribution is -2.19. The third-order valence-corrected chi connectivity index (χ3v) is 4.43. The molecule has 134 valence electrons. The summed E-state index contributed by atoms with van der Waals surface area (Å²) in [6.45, 7) is 5.14. The van der Waals surface area contributed by atoms with E-state index in [0.717, 1.165) is 22.7 Å². The lowest BCUT2D eigenvalue weighted by Gasteiger charge is -2.02. The Kier molecular flexibility index (Phi) is 5.96. The highest BCUT2D eigenvalue weighted by molar-refractivity contribution is 8.18. The van der Waals surface area contributed by atoms with Crippen molar-refractivity contribution in [2.45, 2.75) is 13.8 Å². The molecule has 1 saturated heterocycles. The quantitative estimate of drug-likeness (QED) is 0.769. The van der Waals surface area contributed by atoms with Crippen LogP contribution in [0.1, 0.15) is 19.4 Å². The van der Waals surface area contributed by atoms with Crippen LogP contribution in [-0.4, -0.2) is 24.3 Å². The number of carbonyl (C=O) groups is 1. The van der Waals surface area contributed by atoms with Crippen LogP contribution in [0.15, 0.2) is 58.4 Å². The molecule has 0 saturated carbocycles. The van der Waals surface area contributed by atoms with Crippen molar-refractivity contribution in [2.24, 2.45) is 4.99 Å². The van der Waals surface area contributed by atoms with Crippen LogP contribution in [0.5, 0.6) is 11.5 Å². The Balaban J connectivity index is 1.71. The van der Waals surface area contributed by atoms with Crippen LogP contribution in [0.3, 0.4) is 0 Å². The van der Waals surface area contributed by atoms with E-state index in [-0.39, 0.29) is 5.91 Å². The number of amidine groups is 1. The average molecular weight is 368 g/mol. The Hall–Kier alpha value is -2.73. The van der Waals surface area contributed by atoms with Crippen molar-refractivity contribution in [1.29, 1.82) is 0 Å². The summed E-state index contributed by atoms with van der Waals surface area (Å²) in [5.41, 5.74) is 1.70. The number of nitrogens with zero attached hydrogens (tertiary/aromatic N) is 1. The van der Waals surface area contributed by atoms with Gasteiger partial charge in [0.25, 0.3) is 5.91 Å². The minimum atomic E-state index is -0.145. The highest BCUT2D eigenvalue weighted by Gasteiger charge is 2.23. The lowest BCUT2D eigenvalue weighted by molar-refractivity contribution is -0.115. The minimum absolute atomic E-state index is 0.145. The van der Waals surface area contributed by atoms with Gasteiger partial charge in [0.15, 0.2) is 5.17 Å². The summed E-state index contributed by atoms with van der Waals surface area (Å²) in [7, 11) is 0. The Labute approximate surface area is 157 Å². The molecule has 1 heterocycles. The normalized spacial score (nSPS) is 16.8. The van der Waals surface area contributed by atoms with Gasteiger partial charge in [0.2, 0.25) is 0 Å². The molecule has 1 amide bonds. The van der Waals surface area contributed by atoms with Crippen molar-refractivity contribution in [3.05, 3.63) is 59.0 Å². The van der Waals surface area contributed by atoms with E-state index < -0.39 is 0 Å². The summed E-state index contributed by atoms with van der Waals surface area (Å²) in [6.07, 6.45) is 1.84. The van der Waals surface area contributed by atoms with Crippen molar-refractivity contribution < 1.29 is 14.3 Å². The van der Waals surface area contributed by atoms with Gasteiger partial charge < -0.3 is 14.8 Å². The number of amides is 1. The van der Waals surface area contributed by atoms with Crippen LogP contribution in [0.4, 0.5) is 5.69 Å². The fourth-order valence-electron chi connectivity index (χ4n) is 2.36. The van der Waals surface area contributed by atoms with E-state index in [9.17, 15) is 4.79 Å². The van der Waals surface area contributed by atoms with E-state index >= 15 is 0 Å². The Morgan fingerprint density at radius 2 is 1.54 bits per heavy atom. The maximum absolute atomic E-state index is 12.2. The Morgan fingerprint density at radius 1 is 0.962 bits per heavy atom. The third-order valence-electron chi connectivity index (χ3n) is 3.52. The topological polar surface area (TPSA) is 59.9 Å². The van der Waals surface area contributed by atoms with Gasteiger partial charge in [0.05, 0.1) is 23.8 Å². The minimum Gasteiger partial charge on any atom is -0.494 e. The number of rotatable bonds is 6. The molecule has 1 fully saturated rings. The molecular weight excluding hydrogens is 348 g/mol. The van der Waals surface area contributed by atoms with Crippen LogP contribution in [0, 0.1) is 0 Å². The molecule has 0 aliphatic carbocycles. The lowest BCUT2D eigenvalue weighted by atomic mass is 10.2. The molecule has 0 unspecified atom stereocenters. The van der Waals surface area contributed by atoms with Crippen molar-refractivity contribution in [2.75, 3.05) is 13.2 Å². The molecule has 1 aliphatic rings.